The van der Waals surface area contributed by atoms with Gasteiger partial charge < -0.3 is 15.6 Å². The molecule has 0 unspecified atom stereocenters. The molecule has 0 saturated carbocycles. The molecule has 0 aliphatic heterocycles. The minimum atomic E-state index is -0.974. The Bertz CT molecular complexity index is 563. The van der Waals surface area contributed by atoms with E-state index in [9.17, 15) is 4.79 Å². The summed E-state index contributed by atoms with van der Waals surface area (Å²) >= 11 is 0. The highest BCUT2D eigenvalue weighted by molar-refractivity contribution is 6.07. The quantitative estimate of drug-likeness (QED) is 0.756. The number of carboxylic acid groups (broad SMARTS) is 1. The van der Waals surface area contributed by atoms with Crippen molar-refractivity contribution in [2.75, 3.05) is 12.8 Å². The van der Waals surface area contributed by atoms with Crippen LogP contribution in [0.3, 0.4) is 0 Å². The molecule has 2 rings (SSSR count). The highest BCUT2D eigenvalue weighted by atomic mass is 16.5. The molecular formula is C12H11NO3. The average molecular weight is 217 g/mol. The summed E-state index contributed by atoms with van der Waals surface area (Å²) in [6.45, 7) is 0. The zero-order chi connectivity index (χ0) is 11.7. The molecule has 0 aromatic heterocycles. The molecule has 0 spiro atoms. The van der Waals surface area contributed by atoms with E-state index in [1.54, 1.807) is 24.3 Å². The lowest BCUT2D eigenvalue weighted by molar-refractivity contribution is 0.0699. The molecule has 0 bridgehead atoms. The zero-order valence-corrected chi connectivity index (χ0v) is 8.73. The maximum Gasteiger partial charge on any atom is 0.336 e. The van der Waals surface area contributed by atoms with Gasteiger partial charge in [0.05, 0.1) is 12.7 Å². The van der Waals surface area contributed by atoms with E-state index in [0.717, 1.165) is 5.39 Å². The second-order valence-electron chi connectivity index (χ2n) is 3.42. The van der Waals surface area contributed by atoms with Gasteiger partial charge in [-0.3, -0.25) is 0 Å². The Labute approximate surface area is 92.3 Å². The highest BCUT2D eigenvalue weighted by Crippen LogP contribution is 2.28. The number of ether oxygens (including phenoxy) is 1. The van der Waals surface area contributed by atoms with Crippen molar-refractivity contribution in [2.24, 2.45) is 0 Å². The predicted octanol–water partition coefficient (Wildman–Crippen LogP) is 2.13. The molecule has 0 atom stereocenters. The minimum absolute atomic E-state index is 0.225. The number of fused-ring (bicyclic) bond motifs is 1. The lowest BCUT2D eigenvalue weighted by atomic mass is 10.0. The topological polar surface area (TPSA) is 72.5 Å². The predicted molar refractivity (Wildman–Crippen MR) is 61.9 cm³/mol. The molecular weight excluding hydrogens is 206 g/mol. The second-order valence-corrected chi connectivity index (χ2v) is 3.42. The third-order valence-corrected chi connectivity index (χ3v) is 2.49. The normalized spacial score (nSPS) is 10.3. The van der Waals surface area contributed by atoms with E-state index >= 15 is 0 Å². The first-order valence-corrected chi connectivity index (χ1v) is 4.73. The molecule has 0 amide bonds. The van der Waals surface area contributed by atoms with Crippen molar-refractivity contribution >= 4 is 22.4 Å². The van der Waals surface area contributed by atoms with Gasteiger partial charge in [-0.2, -0.15) is 0 Å². The number of hydrogen-bond donors (Lipinski definition) is 2. The Kier molecular flexibility index (Phi) is 2.40. The van der Waals surface area contributed by atoms with Gasteiger partial charge in [0.2, 0.25) is 0 Å². The van der Waals surface area contributed by atoms with Gasteiger partial charge in [0.25, 0.3) is 0 Å². The first-order valence-electron chi connectivity index (χ1n) is 4.73. The fourth-order valence-corrected chi connectivity index (χ4v) is 1.66. The van der Waals surface area contributed by atoms with Gasteiger partial charge >= 0.3 is 5.97 Å². The molecule has 0 fully saturated rings. The van der Waals surface area contributed by atoms with Crippen LogP contribution in [0.25, 0.3) is 10.8 Å². The van der Waals surface area contributed by atoms with Crippen LogP contribution >= 0.6 is 0 Å². The standard InChI is InChI=1S/C12H11NO3/c1-16-7-2-3-8-10(6-7)9(12(14)15)4-5-11(8)13/h2-6H,13H2,1H3,(H,14,15). The van der Waals surface area contributed by atoms with Crippen LogP contribution in [0.1, 0.15) is 10.4 Å². The molecule has 2 aromatic rings. The number of hydrogen-bond acceptors (Lipinski definition) is 3. The summed E-state index contributed by atoms with van der Waals surface area (Å²) in [7, 11) is 1.54. The van der Waals surface area contributed by atoms with Crippen LogP contribution in [0.5, 0.6) is 5.75 Å². The third-order valence-electron chi connectivity index (χ3n) is 2.49. The van der Waals surface area contributed by atoms with Crippen molar-refractivity contribution in [1.29, 1.82) is 0 Å². The summed E-state index contributed by atoms with van der Waals surface area (Å²) in [6, 6.07) is 8.28. The van der Waals surface area contributed by atoms with Gasteiger partial charge in [0.1, 0.15) is 5.75 Å². The third kappa shape index (κ3) is 1.54. The fraction of sp³-hybridized carbons (Fsp3) is 0.0833. The monoisotopic (exact) mass is 217 g/mol. The van der Waals surface area contributed by atoms with E-state index in [4.69, 9.17) is 15.6 Å². The number of methoxy groups -OCH3 is 1. The number of carboxylic acids is 1. The molecule has 0 radical (unpaired) electrons. The summed E-state index contributed by atoms with van der Waals surface area (Å²) in [5.74, 6) is -0.362. The van der Waals surface area contributed by atoms with Crippen LogP contribution in [0.15, 0.2) is 30.3 Å². The summed E-state index contributed by atoms with van der Waals surface area (Å²) in [6.07, 6.45) is 0. The van der Waals surface area contributed by atoms with Gasteiger partial charge in [-0.1, -0.05) is 0 Å². The first-order chi connectivity index (χ1) is 7.63. The number of nitrogens with two attached hydrogens (primary N) is 1. The molecule has 0 aliphatic carbocycles. The van der Waals surface area contributed by atoms with Crippen molar-refractivity contribution in [3.05, 3.63) is 35.9 Å². The van der Waals surface area contributed by atoms with Crippen LogP contribution in [0, 0.1) is 0 Å². The second kappa shape index (κ2) is 3.73. The van der Waals surface area contributed by atoms with Crippen LogP contribution in [-0.2, 0) is 0 Å². The van der Waals surface area contributed by atoms with E-state index in [2.05, 4.69) is 0 Å². The van der Waals surface area contributed by atoms with Crippen LogP contribution < -0.4 is 10.5 Å². The van der Waals surface area contributed by atoms with Crippen molar-refractivity contribution in [1.82, 2.24) is 0 Å². The Morgan fingerprint density at radius 3 is 2.62 bits per heavy atom. The Hall–Kier alpha value is -2.23. The molecule has 0 heterocycles. The number of nitrogen functional groups attached to an aromatic ring is 1. The van der Waals surface area contributed by atoms with Gasteiger partial charge in [0.15, 0.2) is 0 Å². The van der Waals surface area contributed by atoms with E-state index < -0.39 is 5.97 Å². The Balaban J connectivity index is 2.83. The molecule has 2 aromatic carbocycles. The van der Waals surface area contributed by atoms with Crippen LogP contribution in [0.2, 0.25) is 0 Å². The van der Waals surface area contributed by atoms with Gasteiger partial charge in [0, 0.05) is 16.5 Å². The lowest BCUT2D eigenvalue weighted by Crippen LogP contribution is -1.99. The van der Waals surface area contributed by atoms with E-state index in [0.29, 0.717) is 16.8 Å². The summed E-state index contributed by atoms with van der Waals surface area (Å²) in [5.41, 5.74) is 6.57. The maximum absolute atomic E-state index is 11.0. The molecule has 4 nitrogen and oxygen atoms in total. The minimum Gasteiger partial charge on any atom is -0.497 e. The van der Waals surface area contributed by atoms with Gasteiger partial charge in [-0.05, 0) is 30.3 Å². The lowest BCUT2D eigenvalue weighted by Gasteiger charge is -2.07. The van der Waals surface area contributed by atoms with E-state index in [1.807, 2.05) is 0 Å². The number of carbonyl (C=O) groups is 1. The average Bonchev–Trinajstić information content (AvgIpc) is 2.28. The summed E-state index contributed by atoms with van der Waals surface area (Å²) in [4.78, 5) is 11.0. The maximum atomic E-state index is 11.0. The first kappa shape index (κ1) is 10.3. The van der Waals surface area contributed by atoms with Gasteiger partial charge in [-0.15, -0.1) is 0 Å². The van der Waals surface area contributed by atoms with E-state index in [1.165, 1.54) is 13.2 Å². The zero-order valence-electron chi connectivity index (χ0n) is 8.73. The number of anilines is 1. The SMILES string of the molecule is COc1ccc2c(N)ccc(C(=O)O)c2c1. The van der Waals surface area contributed by atoms with Crippen LogP contribution in [0.4, 0.5) is 5.69 Å². The van der Waals surface area contributed by atoms with Crippen molar-refractivity contribution in [2.45, 2.75) is 0 Å². The molecule has 4 heteroatoms. The summed E-state index contributed by atoms with van der Waals surface area (Å²) in [5, 5.41) is 10.4. The van der Waals surface area contributed by atoms with Crippen molar-refractivity contribution < 1.29 is 14.6 Å². The Morgan fingerprint density at radius 1 is 1.25 bits per heavy atom. The number of rotatable bonds is 2. The smallest absolute Gasteiger partial charge is 0.336 e. The number of aromatic carboxylic acids is 1. The van der Waals surface area contributed by atoms with Crippen molar-refractivity contribution in [3.8, 4) is 5.75 Å². The fourth-order valence-electron chi connectivity index (χ4n) is 1.66. The van der Waals surface area contributed by atoms with Crippen molar-refractivity contribution in [3.63, 3.8) is 0 Å². The Morgan fingerprint density at radius 2 is 2.00 bits per heavy atom. The van der Waals surface area contributed by atoms with Crippen LogP contribution in [-0.4, -0.2) is 18.2 Å². The molecule has 0 saturated heterocycles. The summed E-state index contributed by atoms with van der Waals surface area (Å²) < 4.78 is 5.06. The molecule has 3 N–H and O–H groups in total. The number of benzene rings is 2. The highest BCUT2D eigenvalue weighted by Gasteiger charge is 2.10. The molecule has 82 valence electrons. The largest absolute Gasteiger partial charge is 0.497 e. The molecule has 16 heavy (non-hydrogen) atoms. The van der Waals surface area contributed by atoms with Gasteiger partial charge in [-0.25, -0.2) is 4.79 Å². The molecule has 0 aliphatic rings. The van der Waals surface area contributed by atoms with E-state index in [-0.39, 0.29) is 5.56 Å².